The number of hydrogen-bond acceptors (Lipinski definition) is 5. The van der Waals surface area contributed by atoms with Crippen LogP contribution in [0.1, 0.15) is 5.01 Å². The Morgan fingerprint density at radius 1 is 1.44 bits per heavy atom. The van der Waals surface area contributed by atoms with Crippen LogP contribution in [0.2, 0.25) is 5.02 Å². The molecule has 1 N–H and O–H groups in total. The van der Waals surface area contributed by atoms with Crippen LogP contribution in [0.3, 0.4) is 0 Å². The summed E-state index contributed by atoms with van der Waals surface area (Å²) in [4.78, 5) is 4.33. The lowest BCUT2D eigenvalue weighted by Crippen LogP contribution is -1.90. The number of anilines is 1. The zero-order valence-electron chi connectivity index (χ0n) is 9.36. The number of hydrogen-bond donors (Lipinski definition) is 1. The predicted molar refractivity (Wildman–Crippen MR) is 72.3 cm³/mol. The van der Waals surface area contributed by atoms with Crippen molar-refractivity contribution in [1.82, 2.24) is 4.98 Å². The highest BCUT2D eigenvalue weighted by molar-refractivity contribution is 7.19. The molecule has 0 saturated carbocycles. The van der Waals surface area contributed by atoms with E-state index in [4.69, 9.17) is 22.1 Å². The maximum atomic E-state index is 8.63. The number of benzene rings is 1. The summed E-state index contributed by atoms with van der Waals surface area (Å²) < 4.78 is 0.892. The smallest absolute Gasteiger partial charge is 0.145 e. The van der Waals surface area contributed by atoms with E-state index in [0.717, 1.165) is 15.2 Å². The normalized spacial score (nSPS) is 9.56. The number of nitrogens with zero attached hydrogens (tertiary/aromatic N) is 3. The van der Waals surface area contributed by atoms with E-state index in [-0.39, 0.29) is 5.57 Å². The molecule has 0 amide bonds. The number of aromatic nitrogens is 1. The number of allylic oxidation sites excluding steroid dienone is 1. The van der Waals surface area contributed by atoms with Crippen LogP contribution in [-0.2, 0) is 0 Å². The molecule has 0 unspecified atom stereocenters. The Kier molecular flexibility index (Phi) is 3.47. The van der Waals surface area contributed by atoms with Gasteiger partial charge in [-0.25, -0.2) is 4.98 Å². The average Bonchev–Trinajstić information content (AvgIpc) is 2.74. The first-order chi connectivity index (χ1) is 8.65. The van der Waals surface area contributed by atoms with Crippen LogP contribution in [0.15, 0.2) is 23.9 Å². The molecule has 0 radical (unpaired) electrons. The van der Waals surface area contributed by atoms with Crippen LogP contribution >= 0.6 is 22.9 Å². The van der Waals surface area contributed by atoms with E-state index in [0.29, 0.717) is 10.7 Å². The number of halogens is 1. The second-order valence-corrected chi connectivity index (χ2v) is 5.02. The Morgan fingerprint density at radius 2 is 2.17 bits per heavy atom. The minimum Gasteiger partial charge on any atom is -0.359 e. The van der Waals surface area contributed by atoms with Crippen molar-refractivity contribution in [2.45, 2.75) is 6.92 Å². The van der Waals surface area contributed by atoms with Gasteiger partial charge in [0.25, 0.3) is 0 Å². The molecule has 0 aliphatic rings. The van der Waals surface area contributed by atoms with Gasteiger partial charge in [0, 0.05) is 6.20 Å². The molecule has 88 valence electrons. The summed E-state index contributed by atoms with van der Waals surface area (Å²) in [5.41, 5.74) is 1.49. The fourth-order valence-electron chi connectivity index (χ4n) is 1.42. The minimum absolute atomic E-state index is 0.00773. The summed E-state index contributed by atoms with van der Waals surface area (Å²) in [5.74, 6) is 0. The van der Waals surface area contributed by atoms with Crippen molar-refractivity contribution in [1.29, 1.82) is 10.5 Å². The number of nitriles is 2. The van der Waals surface area contributed by atoms with Crippen LogP contribution in [0.4, 0.5) is 5.69 Å². The lowest BCUT2D eigenvalue weighted by atomic mass is 10.3. The van der Waals surface area contributed by atoms with Gasteiger partial charge in [-0.05, 0) is 19.1 Å². The monoisotopic (exact) mass is 274 g/mol. The molecule has 1 aromatic heterocycles. The summed E-state index contributed by atoms with van der Waals surface area (Å²) >= 11 is 7.74. The van der Waals surface area contributed by atoms with Crippen LogP contribution in [0.25, 0.3) is 10.2 Å². The van der Waals surface area contributed by atoms with Gasteiger partial charge in [0.15, 0.2) is 0 Å². The average molecular weight is 275 g/mol. The predicted octanol–water partition coefficient (Wildman–Crippen LogP) is 3.60. The first kappa shape index (κ1) is 12.4. The van der Waals surface area contributed by atoms with Crippen molar-refractivity contribution < 1.29 is 0 Å². The number of fused-ring (bicyclic) bond motifs is 1. The molecule has 0 aliphatic heterocycles. The van der Waals surface area contributed by atoms with Crippen LogP contribution in [0, 0.1) is 29.6 Å². The molecule has 1 aromatic carbocycles. The Bertz CT molecular complexity index is 702. The van der Waals surface area contributed by atoms with Crippen molar-refractivity contribution in [3.63, 3.8) is 0 Å². The summed E-state index contributed by atoms with van der Waals surface area (Å²) in [6.07, 6.45) is 1.33. The molecule has 4 nitrogen and oxygen atoms in total. The number of thiazole rings is 1. The fourth-order valence-corrected chi connectivity index (χ4v) is 2.61. The molecule has 2 rings (SSSR count). The Balaban J connectivity index is 2.42. The van der Waals surface area contributed by atoms with Crippen LogP contribution in [0.5, 0.6) is 0 Å². The highest BCUT2D eigenvalue weighted by Gasteiger charge is 2.08. The van der Waals surface area contributed by atoms with Gasteiger partial charge in [0.2, 0.25) is 0 Å². The third-order valence-corrected chi connectivity index (χ3v) is 3.73. The Hall–Kier alpha value is -2.08. The van der Waals surface area contributed by atoms with Gasteiger partial charge in [-0.1, -0.05) is 11.6 Å². The highest BCUT2D eigenvalue weighted by atomic mass is 35.5. The van der Waals surface area contributed by atoms with E-state index in [9.17, 15) is 0 Å². The maximum absolute atomic E-state index is 8.63. The van der Waals surface area contributed by atoms with Gasteiger partial charge in [-0.15, -0.1) is 11.3 Å². The first-order valence-electron chi connectivity index (χ1n) is 4.98. The molecule has 0 bridgehead atoms. The maximum Gasteiger partial charge on any atom is 0.145 e. The second kappa shape index (κ2) is 5.05. The number of rotatable bonds is 2. The van der Waals surface area contributed by atoms with Gasteiger partial charge >= 0.3 is 0 Å². The zero-order valence-corrected chi connectivity index (χ0v) is 10.9. The summed E-state index contributed by atoms with van der Waals surface area (Å²) in [7, 11) is 0. The van der Waals surface area contributed by atoms with Crippen LogP contribution < -0.4 is 5.32 Å². The van der Waals surface area contributed by atoms with Crippen molar-refractivity contribution in [2.24, 2.45) is 0 Å². The van der Waals surface area contributed by atoms with Gasteiger partial charge in [-0.2, -0.15) is 10.5 Å². The van der Waals surface area contributed by atoms with Gasteiger partial charge in [-0.3, -0.25) is 0 Å². The number of aryl methyl sites for hydroxylation is 1. The molecular formula is C12H7ClN4S. The van der Waals surface area contributed by atoms with E-state index in [1.807, 2.05) is 13.0 Å². The third kappa shape index (κ3) is 2.28. The topological polar surface area (TPSA) is 72.5 Å². The molecular weight excluding hydrogens is 268 g/mol. The quantitative estimate of drug-likeness (QED) is 0.849. The van der Waals surface area contributed by atoms with Gasteiger partial charge < -0.3 is 5.32 Å². The van der Waals surface area contributed by atoms with Gasteiger partial charge in [0.1, 0.15) is 17.7 Å². The summed E-state index contributed by atoms with van der Waals surface area (Å²) in [6.45, 7) is 1.91. The van der Waals surface area contributed by atoms with Crippen molar-refractivity contribution in [2.75, 3.05) is 5.32 Å². The molecule has 2 aromatic rings. The molecule has 6 heteroatoms. The largest absolute Gasteiger partial charge is 0.359 e. The van der Waals surface area contributed by atoms with Crippen LogP contribution in [-0.4, -0.2) is 4.98 Å². The fraction of sp³-hybridized carbons (Fsp3) is 0.0833. The molecule has 0 saturated heterocycles. The second-order valence-electron chi connectivity index (χ2n) is 3.43. The minimum atomic E-state index is -0.00773. The molecule has 0 spiro atoms. The molecule has 0 aliphatic carbocycles. The van der Waals surface area contributed by atoms with E-state index < -0.39 is 0 Å². The Labute approximate surface area is 113 Å². The number of nitrogens with one attached hydrogen (secondary N) is 1. The third-order valence-electron chi connectivity index (χ3n) is 2.22. The van der Waals surface area contributed by atoms with E-state index in [2.05, 4.69) is 10.3 Å². The van der Waals surface area contributed by atoms with E-state index in [1.54, 1.807) is 18.2 Å². The molecule has 18 heavy (non-hydrogen) atoms. The van der Waals surface area contributed by atoms with E-state index >= 15 is 0 Å². The Morgan fingerprint density at radius 3 is 2.83 bits per heavy atom. The van der Waals surface area contributed by atoms with Crippen molar-refractivity contribution in [3.8, 4) is 12.1 Å². The van der Waals surface area contributed by atoms with Crippen molar-refractivity contribution in [3.05, 3.63) is 33.9 Å². The standard InChI is InChI=1S/C12H7ClN4S/c1-7-17-10-3-2-9(11(13)12(10)18-7)16-6-8(4-14)5-15/h2-3,6,16H,1H3. The summed E-state index contributed by atoms with van der Waals surface area (Å²) in [5, 5.41) is 21.6. The lowest BCUT2D eigenvalue weighted by molar-refractivity contribution is 1.35. The molecule has 0 atom stereocenters. The molecule has 0 fully saturated rings. The SMILES string of the molecule is Cc1nc2ccc(NC=C(C#N)C#N)c(Cl)c2s1. The highest BCUT2D eigenvalue weighted by Crippen LogP contribution is 2.34. The lowest BCUT2D eigenvalue weighted by Gasteiger charge is -2.03. The van der Waals surface area contributed by atoms with Gasteiger partial charge in [0.05, 0.1) is 25.9 Å². The zero-order chi connectivity index (χ0) is 13.1. The van der Waals surface area contributed by atoms with E-state index in [1.165, 1.54) is 17.5 Å². The molecule has 1 heterocycles. The summed E-state index contributed by atoms with van der Waals surface area (Å²) in [6, 6.07) is 7.15. The first-order valence-corrected chi connectivity index (χ1v) is 6.17. The van der Waals surface area contributed by atoms with Crippen molar-refractivity contribution >= 4 is 38.8 Å².